The highest BCUT2D eigenvalue weighted by Crippen LogP contribution is 2.48. The van der Waals surface area contributed by atoms with Crippen molar-refractivity contribution in [1.29, 1.82) is 0 Å². The number of fused-ring (bicyclic) bond motifs is 3. The van der Waals surface area contributed by atoms with Crippen molar-refractivity contribution < 1.29 is 4.79 Å². The van der Waals surface area contributed by atoms with E-state index < -0.39 is 5.41 Å². The van der Waals surface area contributed by atoms with Gasteiger partial charge in [-0.25, -0.2) is 4.98 Å². The molecule has 2 aliphatic heterocycles. The van der Waals surface area contributed by atoms with Crippen LogP contribution in [-0.4, -0.2) is 29.0 Å². The number of hydrogen-bond donors (Lipinski definition) is 2. The lowest BCUT2D eigenvalue weighted by atomic mass is 9.73. The van der Waals surface area contributed by atoms with Gasteiger partial charge in [0.2, 0.25) is 11.9 Å². The summed E-state index contributed by atoms with van der Waals surface area (Å²) in [6.45, 7) is 1.31. The van der Waals surface area contributed by atoms with Crippen molar-refractivity contribution >= 4 is 29.1 Å². The summed E-state index contributed by atoms with van der Waals surface area (Å²) in [6.07, 6.45) is 5.12. The zero-order chi connectivity index (χ0) is 18.6. The first kappa shape index (κ1) is 16.8. The highest BCUT2D eigenvalue weighted by Gasteiger charge is 2.49. The van der Waals surface area contributed by atoms with Crippen LogP contribution in [0.3, 0.4) is 0 Å². The average Bonchev–Trinajstić information content (AvgIpc) is 2.95. The van der Waals surface area contributed by atoms with E-state index in [2.05, 4.69) is 15.2 Å². The van der Waals surface area contributed by atoms with Crippen LogP contribution in [0.1, 0.15) is 42.5 Å². The summed E-state index contributed by atoms with van der Waals surface area (Å²) in [5.41, 5.74) is 2.92. The molecule has 1 aromatic carbocycles. The first-order chi connectivity index (χ1) is 13.1. The van der Waals surface area contributed by atoms with Crippen molar-refractivity contribution in [3.63, 3.8) is 0 Å². The van der Waals surface area contributed by atoms with Gasteiger partial charge in [0.1, 0.15) is 0 Å². The maximum atomic E-state index is 12.8. The topological polar surface area (TPSA) is 78.1 Å². The molecule has 0 atom stereocenters. The highest BCUT2D eigenvalue weighted by molar-refractivity contribution is 6.33. The molecule has 0 bridgehead atoms. The molecule has 2 aromatic rings. The number of aryl methyl sites for hydroxylation is 1. The number of aromatic nitrogens is 2. The molecule has 2 N–H and O–H groups in total. The van der Waals surface area contributed by atoms with Gasteiger partial charge in [-0.1, -0.05) is 17.7 Å². The molecule has 0 saturated carbocycles. The standard InChI is InChI=1S/C20H21ClN4O2/c21-13-5-3-7-15-16(13)20(18(27)22-15)8-10-25(11-9-20)19-23-14-6-2-1-4-12(14)17(26)24-19/h3,5,7H,1-2,4,6,8-11H2,(H,22,27)(H,23,24,26). The molecule has 1 amide bonds. The van der Waals surface area contributed by atoms with E-state index in [0.29, 0.717) is 36.9 Å². The molecule has 0 radical (unpaired) electrons. The lowest BCUT2D eigenvalue weighted by Crippen LogP contribution is -2.47. The summed E-state index contributed by atoms with van der Waals surface area (Å²) < 4.78 is 0. The van der Waals surface area contributed by atoms with Gasteiger partial charge in [0, 0.05) is 34.9 Å². The maximum Gasteiger partial charge on any atom is 0.255 e. The Morgan fingerprint density at radius 3 is 2.70 bits per heavy atom. The van der Waals surface area contributed by atoms with Gasteiger partial charge in [0.15, 0.2) is 0 Å². The first-order valence-corrected chi connectivity index (χ1v) is 9.94. The third-order valence-electron chi connectivity index (χ3n) is 6.27. The van der Waals surface area contributed by atoms with Gasteiger partial charge >= 0.3 is 0 Å². The number of nitrogens with zero attached hydrogens (tertiary/aromatic N) is 2. The smallest absolute Gasteiger partial charge is 0.255 e. The fraction of sp³-hybridized carbons (Fsp3) is 0.450. The van der Waals surface area contributed by atoms with Crippen LogP contribution >= 0.6 is 11.6 Å². The molecule has 7 heteroatoms. The lowest BCUT2D eigenvalue weighted by molar-refractivity contribution is -0.121. The number of hydrogen-bond acceptors (Lipinski definition) is 4. The van der Waals surface area contributed by atoms with E-state index in [1.54, 1.807) is 0 Å². The van der Waals surface area contributed by atoms with E-state index in [4.69, 9.17) is 16.6 Å². The molecule has 140 valence electrons. The number of nitrogens with one attached hydrogen (secondary N) is 2. The molecule has 5 rings (SSSR count). The monoisotopic (exact) mass is 384 g/mol. The van der Waals surface area contributed by atoms with E-state index in [1.165, 1.54) is 0 Å². The van der Waals surface area contributed by atoms with Gasteiger partial charge in [0.25, 0.3) is 5.56 Å². The molecule has 6 nitrogen and oxygen atoms in total. The number of H-pyrrole nitrogens is 1. The SMILES string of the molecule is O=C1Nc2cccc(Cl)c2C12CCN(c1nc3c(c(=O)[nH]1)CCCC3)CC2. The van der Waals surface area contributed by atoms with Crippen molar-refractivity contribution in [1.82, 2.24) is 9.97 Å². The van der Waals surface area contributed by atoms with Crippen LogP contribution in [-0.2, 0) is 23.1 Å². The van der Waals surface area contributed by atoms with E-state index in [1.807, 2.05) is 18.2 Å². The quantitative estimate of drug-likeness (QED) is 0.792. The number of halogens is 1. The van der Waals surface area contributed by atoms with E-state index in [-0.39, 0.29) is 11.5 Å². The molecule has 0 unspecified atom stereocenters. The highest BCUT2D eigenvalue weighted by atomic mass is 35.5. The minimum Gasteiger partial charge on any atom is -0.342 e. The Morgan fingerprint density at radius 2 is 1.89 bits per heavy atom. The zero-order valence-electron chi connectivity index (χ0n) is 15.0. The average molecular weight is 385 g/mol. The van der Waals surface area contributed by atoms with Gasteiger partial charge in [-0.05, 0) is 50.7 Å². The molecule has 1 spiro atoms. The Balaban J connectivity index is 1.44. The van der Waals surface area contributed by atoms with Gasteiger partial charge < -0.3 is 10.2 Å². The van der Waals surface area contributed by atoms with E-state index in [0.717, 1.165) is 48.2 Å². The number of piperidine rings is 1. The van der Waals surface area contributed by atoms with Crippen LogP contribution < -0.4 is 15.8 Å². The second-order valence-electron chi connectivity index (χ2n) is 7.71. The molecule has 1 aliphatic carbocycles. The van der Waals surface area contributed by atoms with Crippen molar-refractivity contribution in [2.75, 3.05) is 23.3 Å². The molecular formula is C20H21ClN4O2. The molecular weight excluding hydrogens is 364 g/mol. The van der Waals surface area contributed by atoms with Crippen molar-refractivity contribution in [2.24, 2.45) is 0 Å². The third kappa shape index (κ3) is 2.50. The Labute approximate surface area is 161 Å². The van der Waals surface area contributed by atoms with Gasteiger partial charge in [-0.2, -0.15) is 0 Å². The summed E-state index contributed by atoms with van der Waals surface area (Å²) in [6, 6.07) is 5.61. The number of rotatable bonds is 1. The van der Waals surface area contributed by atoms with Crippen LogP contribution in [0.4, 0.5) is 11.6 Å². The Kier molecular flexibility index (Phi) is 3.79. The number of benzene rings is 1. The second kappa shape index (κ2) is 6.09. The molecule has 1 aromatic heterocycles. The number of carbonyl (C=O) groups excluding carboxylic acids is 1. The van der Waals surface area contributed by atoms with Gasteiger partial charge in [-0.15, -0.1) is 0 Å². The van der Waals surface area contributed by atoms with Crippen LogP contribution in [0.15, 0.2) is 23.0 Å². The summed E-state index contributed by atoms with van der Waals surface area (Å²) >= 11 is 6.45. The van der Waals surface area contributed by atoms with E-state index in [9.17, 15) is 9.59 Å². The summed E-state index contributed by atoms with van der Waals surface area (Å²) in [5, 5.41) is 3.63. The number of amides is 1. The number of aromatic amines is 1. The molecule has 3 aliphatic rings. The molecule has 3 heterocycles. The van der Waals surface area contributed by atoms with Crippen LogP contribution in [0.25, 0.3) is 0 Å². The van der Waals surface area contributed by atoms with Crippen LogP contribution in [0.5, 0.6) is 0 Å². The van der Waals surface area contributed by atoms with Crippen LogP contribution in [0.2, 0.25) is 5.02 Å². The second-order valence-corrected chi connectivity index (χ2v) is 8.11. The number of anilines is 2. The molecule has 27 heavy (non-hydrogen) atoms. The predicted octanol–water partition coefficient (Wildman–Crippen LogP) is 2.79. The zero-order valence-corrected chi connectivity index (χ0v) is 15.7. The predicted molar refractivity (Wildman–Crippen MR) is 105 cm³/mol. The Bertz CT molecular complexity index is 992. The van der Waals surface area contributed by atoms with Crippen molar-refractivity contribution in [3.05, 3.63) is 50.4 Å². The van der Waals surface area contributed by atoms with Crippen molar-refractivity contribution in [2.45, 2.75) is 43.9 Å². The Morgan fingerprint density at radius 1 is 1.11 bits per heavy atom. The maximum absolute atomic E-state index is 12.8. The van der Waals surface area contributed by atoms with Crippen LogP contribution in [0, 0.1) is 0 Å². The Hall–Kier alpha value is -2.34. The summed E-state index contributed by atoms with van der Waals surface area (Å²) in [4.78, 5) is 35.0. The molecule has 1 saturated heterocycles. The summed E-state index contributed by atoms with van der Waals surface area (Å²) in [7, 11) is 0. The largest absolute Gasteiger partial charge is 0.342 e. The van der Waals surface area contributed by atoms with E-state index >= 15 is 0 Å². The van der Waals surface area contributed by atoms with Crippen molar-refractivity contribution in [3.8, 4) is 0 Å². The fourth-order valence-corrected chi connectivity index (χ4v) is 5.14. The third-order valence-corrected chi connectivity index (χ3v) is 6.59. The van der Waals surface area contributed by atoms with Gasteiger partial charge in [-0.3, -0.25) is 14.6 Å². The normalized spacial score (nSPS) is 20.3. The first-order valence-electron chi connectivity index (χ1n) is 9.56. The lowest BCUT2D eigenvalue weighted by Gasteiger charge is -2.38. The van der Waals surface area contributed by atoms with Gasteiger partial charge in [0.05, 0.1) is 11.1 Å². The number of carbonyl (C=O) groups is 1. The molecule has 1 fully saturated rings. The fourth-order valence-electron chi connectivity index (χ4n) is 4.79. The minimum absolute atomic E-state index is 0.0120. The minimum atomic E-state index is -0.585. The summed E-state index contributed by atoms with van der Waals surface area (Å²) in [5.74, 6) is 0.658.